The standard InChI is InChI=1S/C27H45Br/c1-18(2)7-6-8-19(3)23-11-12-24-22-10-9-20-17-21(28)13-15-26(20,4)25(22)14-16-27(23,24)5/h9,18-19,21-25H,6-8,10-17H2,1-5H3/t19-,21-,22+,23-,24+,25+,26-,27+/m0/s1. The SMILES string of the molecule is CC(C)CCC[C@H](C)[C@@H]1CC[C@@H]2[C@H]3CC=C4C[C@@H](Br)CC[C@]4(C)[C@@H]3CC[C@@]21C. The van der Waals surface area contributed by atoms with E-state index in [1.54, 1.807) is 0 Å². The molecule has 0 bridgehead atoms. The zero-order chi connectivity index (χ0) is 20.1. The minimum atomic E-state index is 0.523. The van der Waals surface area contributed by atoms with Crippen LogP contribution < -0.4 is 0 Å². The van der Waals surface area contributed by atoms with Crippen molar-refractivity contribution in [1.29, 1.82) is 0 Å². The molecule has 0 heterocycles. The Morgan fingerprint density at radius 3 is 2.54 bits per heavy atom. The van der Waals surface area contributed by atoms with Gasteiger partial charge in [0.2, 0.25) is 0 Å². The third kappa shape index (κ3) is 3.58. The average molecular weight is 450 g/mol. The van der Waals surface area contributed by atoms with Crippen LogP contribution in [-0.2, 0) is 0 Å². The highest BCUT2D eigenvalue weighted by molar-refractivity contribution is 9.09. The Bertz CT molecular complexity index is 591. The van der Waals surface area contributed by atoms with Gasteiger partial charge >= 0.3 is 0 Å². The minimum absolute atomic E-state index is 0.523. The van der Waals surface area contributed by atoms with E-state index in [0.29, 0.717) is 10.8 Å². The summed E-state index contributed by atoms with van der Waals surface area (Å²) < 4.78 is 0. The Hall–Kier alpha value is 0.220. The summed E-state index contributed by atoms with van der Waals surface area (Å²) in [6, 6.07) is 0. The molecule has 0 spiro atoms. The van der Waals surface area contributed by atoms with E-state index in [1.165, 1.54) is 70.6 Å². The van der Waals surface area contributed by atoms with Gasteiger partial charge in [0.25, 0.3) is 0 Å². The van der Waals surface area contributed by atoms with Crippen LogP contribution in [0.2, 0.25) is 0 Å². The molecule has 1 heteroatoms. The molecular weight excluding hydrogens is 404 g/mol. The summed E-state index contributed by atoms with van der Waals surface area (Å²) in [5, 5.41) is 0. The Kier molecular flexibility index (Phi) is 6.17. The predicted octanol–water partition coefficient (Wildman–Crippen LogP) is 8.79. The van der Waals surface area contributed by atoms with Crippen molar-refractivity contribution in [1.82, 2.24) is 0 Å². The molecule has 3 fully saturated rings. The fourth-order valence-electron chi connectivity index (χ4n) is 8.64. The lowest BCUT2D eigenvalue weighted by molar-refractivity contribution is -0.0496. The molecule has 4 aliphatic rings. The molecular formula is C27H45Br. The molecule has 0 aliphatic heterocycles. The Balaban J connectivity index is 1.49. The van der Waals surface area contributed by atoms with E-state index in [-0.39, 0.29) is 0 Å². The van der Waals surface area contributed by atoms with Crippen LogP contribution in [0.5, 0.6) is 0 Å². The smallest absolute Gasteiger partial charge is 0.0183 e. The summed E-state index contributed by atoms with van der Waals surface area (Å²) in [5.74, 6) is 5.74. The molecule has 160 valence electrons. The van der Waals surface area contributed by atoms with Crippen LogP contribution in [0.25, 0.3) is 0 Å². The van der Waals surface area contributed by atoms with Gasteiger partial charge in [0, 0.05) is 4.83 Å². The number of allylic oxidation sites excluding steroid dienone is 2. The monoisotopic (exact) mass is 448 g/mol. The van der Waals surface area contributed by atoms with Crippen molar-refractivity contribution in [3.05, 3.63) is 11.6 Å². The second kappa shape index (κ2) is 8.05. The van der Waals surface area contributed by atoms with Crippen LogP contribution in [0.1, 0.15) is 105 Å². The van der Waals surface area contributed by atoms with E-state index in [1.807, 2.05) is 5.57 Å². The third-order valence-corrected chi connectivity index (χ3v) is 11.0. The highest BCUT2D eigenvalue weighted by Crippen LogP contribution is 2.67. The van der Waals surface area contributed by atoms with E-state index < -0.39 is 0 Å². The number of fused-ring (bicyclic) bond motifs is 5. The summed E-state index contributed by atoms with van der Waals surface area (Å²) in [6.45, 7) is 12.7. The largest absolute Gasteiger partial charge is 0.0887 e. The van der Waals surface area contributed by atoms with Gasteiger partial charge in [-0.15, -0.1) is 0 Å². The highest BCUT2D eigenvalue weighted by Gasteiger charge is 2.58. The van der Waals surface area contributed by atoms with E-state index in [4.69, 9.17) is 0 Å². The second-order valence-corrected chi connectivity index (χ2v) is 13.4. The van der Waals surface area contributed by atoms with Gasteiger partial charge in [0.05, 0.1) is 0 Å². The maximum Gasteiger partial charge on any atom is 0.0183 e. The second-order valence-electron chi connectivity index (χ2n) is 12.1. The lowest BCUT2D eigenvalue weighted by atomic mass is 9.47. The van der Waals surface area contributed by atoms with Crippen LogP contribution in [0, 0.1) is 46.3 Å². The molecule has 8 atom stereocenters. The van der Waals surface area contributed by atoms with E-state index in [9.17, 15) is 0 Å². The Labute approximate surface area is 183 Å². The maximum atomic E-state index is 3.93. The molecule has 0 radical (unpaired) electrons. The Morgan fingerprint density at radius 1 is 1.00 bits per heavy atom. The summed E-state index contributed by atoms with van der Waals surface area (Å²) >= 11 is 3.93. The first kappa shape index (κ1) is 21.5. The zero-order valence-corrected chi connectivity index (χ0v) is 20.9. The lowest BCUT2D eigenvalue weighted by Gasteiger charge is -2.58. The van der Waals surface area contributed by atoms with E-state index in [0.717, 1.165) is 40.3 Å². The highest BCUT2D eigenvalue weighted by atomic mass is 79.9. The molecule has 0 aromatic heterocycles. The lowest BCUT2D eigenvalue weighted by Crippen LogP contribution is -2.50. The fraction of sp³-hybridized carbons (Fsp3) is 0.926. The molecule has 0 nitrogen and oxygen atoms in total. The minimum Gasteiger partial charge on any atom is -0.0887 e. The van der Waals surface area contributed by atoms with Crippen molar-refractivity contribution in [2.45, 2.75) is 110 Å². The van der Waals surface area contributed by atoms with Crippen LogP contribution in [-0.4, -0.2) is 4.83 Å². The van der Waals surface area contributed by atoms with E-state index >= 15 is 0 Å². The van der Waals surface area contributed by atoms with E-state index in [2.05, 4.69) is 56.6 Å². The van der Waals surface area contributed by atoms with Crippen LogP contribution in [0.3, 0.4) is 0 Å². The van der Waals surface area contributed by atoms with Gasteiger partial charge in [0.1, 0.15) is 0 Å². The molecule has 0 saturated heterocycles. The molecule has 0 N–H and O–H groups in total. The van der Waals surface area contributed by atoms with Crippen LogP contribution >= 0.6 is 15.9 Å². The molecule has 0 unspecified atom stereocenters. The fourth-order valence-corrected chi connectivity index (χ4v) is 9.22. The van der Waals surface area contributed by atoms with Gasteiger partial charge in [-0.3, -0.25) is 0 Å². The molecule has 0 amide bonds. The molecule has 4 aliphatic carbocycles. The predicted molar refractivity (Wildman–Crippen MR) is 126 cm³/mol. The number of halogens is 1. The molecule has 3 saturated carbocycles. The van der Waals surface area contributed by atoms with Crippen LogP contribution in [0.15, 0.2) is 11.6 Å². The average Bonchev–Trinajstić information content (AvgIpc) is 2.99. The quantitative estimate of drug-likeness (QED) is 0.291. The normalized spacial score (nSPS) is 46.5. The van der Waals surface area contributed by atoms with Crippen LogP contribution in [0.4, 0.5) is 0 Å². The topological polar surface area (TPSA) is 0 Å². The molecule has 0 aromatic carbocycles. The summed E-state index contributed by atoms with van der Waals surface area (Å²) in [5.41, 5.74) is 2.98. The van der Waals surface area contributed by atoms with Crippen molar-refractivity contribution in [3.63, 3.8) is 0 Å². The summed E-state index contributed by atoms with van der Waals surface area (Å²) in [6.07, 6.45) is 18.6. The van der Waals surface area contributed by atoms with Gasteiger partial charge in [-0.1, -0.05) is 81.5 Å². The number of hydrogen-bond donors (Lipinski definition) is 0. The number of hydrogen-bond acceptors (Lipinski definition) is 0. The summed E-state index contributed by atoms with van der Waals surface area (Å²) in [7, 11) is 0. The third-order valence-electron chi connectivity index (χ3n) is 10.2. The first-order chi connectivity index (χ1) is 13.3. The Morgan fingerprint density at radius 2 is 1.79 bits per heavy atom. The first-order valence-corrected chi connectivity index (χ1v) is 13.5. The number of alkyl halides is 1. The first-order valence-electron chi connectivity index (χ1n) is 12.6. The summed E-state index contributed by atoms with van der Waals surface area (Å²) in [4.78, 5) is 0.736. The molecule has 4 rings (SSSR count). The van der Waals surface area contributed by atoms with Crippen molar-refractivity contribution in [2.24, 2.45) is 46.3 Å². The maximum absolute atomic E-state index is 3.93. The zero-order valence-electron chi connectivity index (χ0n) is 19.3. The van der Waals surface area contributed by atoms with Gasteiger partial charge in [-0.2, -0.15) is 0 Å². The number of rotatable bonds is 5. The van der Waals surface area contributed by atoms with Gasteiger partial charge in [-0.25, -0.2) is 0 Å². The van der Waals surface area contributed by atoms with Gasteiger partial charge < -0.3 is 0 Å². The van der Waals surface area contributed by atoms with Crippen molar-refractivity contribution >= 4 is 15.9 Å². The van der Waals surface area contributed by atoms with Crippen molar-refractivity contribution in [3.8, 4) is 0 Å². The molecule has 28 heavy (non-hydrogen) atoms. The van der Waals surface area contributed by atoms with Crippen molar-refractivity contribution < 1.29 is 0 Å². The van der Waals surface area contributed by atoms with Crippen molar-refractivity contribution in [2.75, 3.05) is 0 Å². The van der Waals surface area contributed by atoms with Gasteiger partial charge in [-0.05, 0) is 97.7 Å². The van der Waals surface area contributed by atoms with Gasteiger partial charge in [0.15, 0.2) is 0 Å². The molecule has 0 aromatic rings.